The van der Waals surface area contributed by atoms with E-state index in [1.54, 1.807) is 0 Å². The van der Waals surface area contributed by atoms with Gasteiger partial charge in [-0.05, 0) is 34.0 Å². The summed E-state index contributed by atoms with van der Waals surface area (Å²) in [6, 6.07) is 22.2. The molecule has 0 spiro atoms. The Morgan fingerprint density at radius 2 is 1.63 bits per heavy atom. The van der Waals surface area contributed by atoms with Gasteiger partial charge in [0.1, 0.15) is 5.70 Å². The van der Waals surface area contributed by atoms with Crippen LogP contribution in [0.4, 0.5) is 5.69 Å². The van der Waals surface area contributed by atoms with E-state index >= 15 is 0 Å². The van der Waals surface area contributed by atoms with Crippen LogP contribution in [0.5, 0.6) is 0 Å². The van der Waals surface area contributed by atoms with Gasteiger partial charge in [0.2, 0.25) is 0 Å². The van der Waals surface area contributed by atoms with Crippen LogP contribution in [-0.2, 0) is 9.59 Å². The van der Waals surface area contributed by atoms with Crippen molar-refractivity contribution in [3.05, 3.63) is 78.5 Å². The number of nitrogens with one attached hydrogen (secondary N) is 1. The third kappa shape index (κ3) is 3.20. The second-order valence-corrected chi connectivity index (χ2v) is 6.31. The van der Waals surface area contributed by atoms with Gasteiger partial charge in [0.05, 0.1) is 13.2 Å². The van der Waals surface area contributed by atoms with Crippen LogP contribution in [0.25, 0.3) is 21.9 Å². The number of nitrogens with zero attached hydrogens (tertiary/aromatic N) is 1. The van der Waals surface area contributed by atoms with Gasteiger partial charge in [-0.15, -0.1) is 0 Å². The number of carbonyl (C=O) groups excluding carboxylic acids is 2. The van der Waals surface area contributed by atoms with Gasteiger partial charge >= 0.3 is 0 Å². The Kier molecular flexibility index (Phi) is 4.44. The molecule has 5 heteroatoms. The number of hydrogen-bond donors (Lipinski definition) is 2. The monoisotopic (exact) mass is 358 g/mol. The van der Waals surface area contributed by atoms with Gasteiger partial charge in [0.15, 0.2) is 0 Å². The summed E-state index contributed by atoms with van der Waals surface area (Å²) in [7, 11) is 0. The fraction of sp³-hybridized carbons (Fsp3) is 0.0909. The number of aliphatic hydroxyl groups is 1. The molecule has 0 radical (unpaired) electrons. The summed E-state index contributed by atoms with van der Waals surface area (Å²) in [5.41, 5.74) is 3.14. The Labute approximate surface area is 156 Å². The Morgan fingerprint density at radius 3 is 2.41 bits per heavy atom. The molecule has 27 heavy (non-hydrogen) atoms. The van der Waals surface area contributed by atoms with Gasteiger partial charge in [-0.2, -0.15) is 0 Å². The van der Waals surface area contributed by atoms with E-state index in [2.05, 4.69) is 29.6 Å². The zero-order valence-electron chi connectivity index (χ0n) is 14.6. The summed E-state index contributed by atoms with van der Waals surface area (Å²) in [4.78, 5) is 25.0. The molecular formula is C22H18N2O3. The van der Waals surface area contributed by atoms with Crippen molar-refractivity contribution in [2.24, 2.45) is 0 Å². The summed E-state index contributed by atoms with van der Waals surface area (Å²) >= 11 is 0. The molecule has 0 bridgehead atoms. The maximum absolute atomic E-state index is 12.2. The predicted molar refractivity (Wildman–Crippen MR) is 105 cm³/mol. The predicted octanol–water partition coefficient (Wildman–Crippen LogP) is 3.16. The number of imide groups is 1. The first kappa shape index (κ1) is 17.0. The smallest absolute Gasteiger partial charge is 0.277 e. The molecule has 0 saturated carbocycles. The molecule has 4 rings (SSSR count). The molecule has 0 aromatic heterocycles. The van der Waals surface area contributed by atoms with E-state index in [-0.39, 0.29) is 18.8 Å². The Balaban J connectivity index is 1.57. The highest BCUT2D eigenvalue weighted by Crippen LogP contribution is 2.29. The number of carbonyl (C=O) groups is 2. The summed E-state index contributed by atoms with van der Waals surface area (Å²) in [5.74, 6) is -0.837. The van der Waals surface area contributed by atoms with Crippen LogP contribution in [0.2, 0.25) is 0 Å². The highest BCUT2D eigenvalue weighted by atomic mass is 16.3. The molecule has 0 aliphatic carbocycles. The first-order valence-electron chi connectivity index (χ1n) is 8.71. The fourth-order valence-electron chi connectivity index (χ4n) is 3.28. The van der Waals surface area contributed by atoms with Crippen LogP contribution in [0.1, 0.15) is 0 Å². The van der Waals surface area contributed by atoms with Crippen LogP contribution < -0.4 is 5.32 Å². The largest absolute Gasteiger partial charge is 0.395 e. The number of aliphatic hydroxyl groups excluding tert-OH is 1. The maximum atomic E-state index is 12.2. The van der Waals surface area contributed by atoms with Gasteiger partial charge in [-0.1, -0.05) is 54.6 Å². The molecule has 3 aromatic rings. The molecule has 2 N–H and O–H groups in total. The van der Waals surface area contributed by atoms with E-state index in [0.717, 1.165) is 21.7 Å². The van der Waals surface area contributed by atoms with Gasteiger partial charge in [0.25, 0.3) is 11.8 Å². The van der Waals surface area contributed by atoms with E-state index in [9.17, 15) is 9.59 Å². The van der Waals surface area contributed by atoms with Crippen LogP contribution in [0, 0.1) is 0 Å². The zero-order chi connectivity index (χ0) is 18.8. The van der Waals surface area contributed by atoms with E-state index < -0.39 is 11.8 Å². The van der Waals surface area contributed by atoms with Gasteiger partial charge in [0, 0.05) is 11.8 Å². The highest BCUT2D eigenvalue weighted by molar-refractivity contribution is 6.17. The number of hydrogen-bond acceptors (Lipinski definition) is 4. The van der Waals surface area contributed by atoms with Crippen molar-refractivity contribution in [2.45, 2.75) is 0 Å². The Hall–Kier alpha value is -3.44. The maximum Gasteiger partial charge on any atom is 0.277 e. The van der Waals surface area contributed by atoms with E-state index in [1.807, 2.05) is 42.5 Å². The van der Waals surface area contributed by atoms with Crippen molar-refractivity contribution in [1.29, 1.82) is 0 Å². The normalized spacial score (nSPS) is 14.0. The van der Waals surface area contributed by atoms with E-state index in [0.29, 0.717) is 0 Å². The summed E-state index contributed by atoms with van der Waals surface area (Å²) in [6.45, 7) is -0.252. The third-order valence-electron chi connectivity index (χ3n) is 4.60. The van der Waals surface area contributed by atoms with Crippen LogP contribution in [0.3, 0.4) is 0 Å². The zero-order valence-corrected chi connectivity index (χ0v) is 14.6. The minimum Gasteiger partial charge on any atom is -0.395 e. The number of anilines is 1. The topological polar surface area (TPSA) is 69.6 Å². The average molecular weight is 358 g/mol. The van der Waals surface area contributed by atoms with Gasteiger partial charge < -0.3 is 10.4 Å². The molecule has 5 nitrogen and oxygen atoms in total. The van der Waals surface area contributed by atoms with Crippen LogP contribution in [0.15, 0.2) is 78.5 Å². The molecule has 0 fully saturated rings. The third-order valence-corrected chi connectivity index (χ3v) is 4.60. The first-order chi connectivity index (χ1) is 13.2. The lowest BCUT2D eigenvalue weighted by Gasteiger charge is -2.13. The minimum absolute atomic E-state index is 0.000629. The second-order valence-electron chi connectivity index (χ2n) is 6.31. The Morgan fingerprint density at radius 1 is 0.889 bits per heavy atom. The molecule has 1 aliphatic heterocycles. The minimum atomic E-state index is -0.424. The molecule has 134 valence electrons. The number of rotatable bonds is 5. The molecule has 1 heterocycles. The van der Waals surface area contributed by atoms with Gasteiger partial charge in [-0.3, -0.25) is 14.5 Å². The summed E-state index contributed by atoms with van der Waals surface area (Å²) in [5, 5.41) is 14.3. The molecule has 0 saturated heterocycles. The molecule has 0 unspecified atom stereocenters. The average Bonchev–Trinajstić information content (AvgIpc) is 2.96. The van der Waals surface area contributed by atoms with Crippen LogP contribution >= 0.6 is 0 Å². The van der Waals surface area contributed by atoms with Crippen molar-refractivity contribution in [3.8, 4) is 11.1 Å². The molecule has 3 aromatic carbocycles. The number of benzene rings is 3. The number of fused-ring (bicyclic) bond motifs is 1. The lowest BCUT2D eigenvalue weighted by molar-refractivity contribution is -0.137. The van der Waals surface area contributed by atoms with Crippen molar-refractivity contribution in [3.63, 3.8) is 0 Å². The van der Waals surface area contributed by atoms with E-state index in [1.165, 1.54) is 16.8 Å². The van der Waals surface area contributed by atoms with Crippen LogP contribution in [-0.4, -0.2) is 35.0 Å². The lowest BCUT2D eigenvalue weighted by Crippen LogP contribution is -2.34. The molecule has 1 aliphatic rings. The highest BCUT2D eigenvalue weighted by Gasteiger charge is 2.30. The van der Waals surface area contributed by atoms with Gasteiger partial charge in [-0.25, -0.2) is 0 Å². The standard InChI is InChI=1S/C22H18N2O3/c25-13-12-24-21(26)14-20(22(24)27)23-17-10-8-16(9-11-17)19-7-3-5-15-4-1-2-6-18(15)19/h1-11,14,23,25H,12-13H2. The van der Waals surface area contributed by atoms with Crippen molar-refractivity contribution in [2.75, 3.05) is 18.5 Å². The Bertz CT molecular complexity index is 1050. The quantitative estimate of drug-likeness (QED) is 0.688. The van der Waals surface area contributed by atoms with Crippen molar-refractivity contribution >= 4 is 28.3 Å². The first-order valence-corrected chi connectivity index (χ1v) is 8.71. The summed E-state index contributed by atoms with van der Waals surface area (Å²) < 4.78 is 0. The van der Waals surface area contributed by atoms with Crippen molar-refractivity contribution < 1.29 is 14.7 Å². The summed E-state index contributed by atoms with van der Waals surface area (Å²) in [6.07, 6.45) is 1.26. The molecular weight excluding hydrogens is 340 g/mol. The SMILES string of the molecule is O=C1C=C(Nc2ccc(-c3cccc4ccccc34)cc2)C(=O)N1CCO. The number of amides is 2. The van der Waals surface area contributed by atoms with E-state index in [4.69, 9.17) is 5.11 Å². The lowest BCUT2D eigenvalue weighted by atomic mass is 9.98. The molecule has 0 atom stereocenters. The molecule has 2 amide bonds. The second kappa shape index (κ2) is 7.05. The number of β-amino-alcohol motifs (C(OH)–C–C–N with tert-alkyl or cyclic N) is 1. The fourth-order valence-corrected chi connectivity index (χ4v) is 3.28. The van der Waals surface area contributed by atoms with Crippen molar-refractivity contribution in [1.82, 2.24) is 4.90 Å².